The number of ether oxygens (including phenoxy) is 1. The number of nitrogens with one attached hydrogen (secondary N) is 2. The Labute approximate surface area is 86.1 Å². The van der Waals surface area contributed by atoms with Crippen LogP contribution in [-0.2, 0) is 4.74 Å². The zero-order chi connectivity index (χ0) is 10.1. The van der Waals surface area contributed by atoms with Crippen LogP contribution in [0.3, 0.4) is 0 Å². The Kier molecular flexibility index (Phi) is 2.08. The number of aromatic nitrogens is 4. The first-order chi connectivity index (χ1) is 7.45. The van der Waals surface area contributed by atoms with Gasteiger partial charge < -0.3 is 15.0 Å². The first-order valence-corrected chi connectivity index (χ1v) is 4.91. The summed E-state index contributed by atoms with van der Waals surface area (Å²) in [5, 5.41) is 3.27. The van der Waals surface area contributed by atoms with E-state index in [1.54, 1.807) is 6.33 Å². The minimum Gasteiger partial charge on any atom is -0.369 e. The maximum absolute atomic E-state index is 5.64. The van der Waals surface area contributed by atoms with Gasteiger partial charge in [0.2, 0.25) is 0 Å². The van der Waals surface area contributed by atoms with Crippen LogP contribution in [0, 0.1) is 0 Å². The third-order valence-electron chi connectivity index (χ3n) is 2.48. The van der Waals surface area contributed by atoms with Gasteiger partial charge in [0.05, 0.1) is 18.6 Å². The molecule has 1 saturated heterocycles. The molecule has 1 aliphatic rings. The molecule has 1 unspecified atom stereocenters. The average molecular weight is 205 g/mol. The molecule has 0 radical (unpaired) electrons. The number of aromatic amines is 1. The number of morpholine rings is 1. The van der Waals surface area contributed by atoms with Crippen molar-refractivity contribution in [2.24, 2.45) is 0 Å². The highest BCUT2D eigenvalue weighted by atomic mass is 16.5. The molecule has 2 aromatic heterocycles. The van der Waals surface area contributed by atoms with Crippen LogP contribution in [-0.4, -0.2) is 39.6 Å². The predicted molar refractivity (Wildman–Crippen MR) is 53.2 cm³/mol. The first-order valence-electron chi connectivity index (χ1n) is 4.91. The zero-order valence-corrected chi connectivity index (χ0v) is 8.10. The third kappa shape index (κ3) is 1.47. The second kappa shape index (κ2) is 3.56. The lowest BCUT2D eigenvalue weighted by Crippen LogP contribution is -2.33. The van der Waals surface area contributed by atoms with Crippen LogP contribution in [0.4, 0.5) is 0 Å². The Morgan fingerprint density at radius 1 is 1.33 bits per heavy atom. The quantitative estimate of drug-likeness (QED) is 0.686. The summed E-state index contributed by atoms with van der Waals surface area (Å²) in [6, 6.07) is 0. The molecular weight excluding hydrogens is 194 g/mol. The third-order valence-corrected chi connectivity index (χ3v) is 2.48. The standard InChI is InChI=1S/C9H11N5O/c1-2-15-6(3-10-1)7-8-9(13-4-11-7)14-5-12-8/h4-6,10H,1-3H2,(H,11,12,13,14). The molecule has 1 aliphatic heterocycles. The van der Waals surface area contributed by atoms with Crippen LogP contribution in [0.25, 0.3) is 11.2 Å². The lowest BCUT2D eigenvalue weighted by atomic mass is 10.2. The van der Waals surface area contributed by atoms with Gasteiger partial charge in [-0.2, -0.15) is 0 Å². The molecule has 3 heterocycles. The molecule has 0 aliphatic carbocycles. The van der Waals surface area contributed by atoms with Crippen LogP contribution in [0.5, 0.6) is 0 Å². The molecule has 78 valence electrons. The van der Waals surface area contributed by atoms with Gasteiger partial charge in [-0.25, -0.2) is 15.0 Å². The van der Waals surface area contributed by atoms with E-state index in [9.17, 15) is 0 Å². The van der Waals surface area contributed by atoms with Gasteiger partial charge in [-0.15, -0.1) is 0 Å². The number of rotatable bonds is 1. The van der Waals surface area contributed by atoms with Gasteiger partial charge in [-0.05, 0) is 0 Å². The molecule has 0 aromatic carbocycles. The van der Waals surface area contributed by atoms with Crippen LogP contribution in [0.2, 0.25) is 0 Å². The minimum atomic E-state index is -0.00954. The number of hydrogen-bond donors (Lipinski definition) is 2. The minimum absolute atomic E-state index is 0.00954. The fraction of sp³-hybridized carbons (Fsp3) is 0.444. The fourth-order valence-electron chi connectivity index (χ4n) is 1.77. The second-order valence-corrected chi connectivity index (χ2v) is 3.42. The Morgan fingerprint density at radius 2 is 2.33 bits per heavy atom. The molecule has 0 spiro atoms. The Bertz CT molecular complexity index is 462. The molecule has 2 aromatic rings. The molecular formula is C9H11N5O. The van der Waals surface area contributed by atoms with Crippen molar-refractivity contribution in [2.45, 2.75) is 6.10 Å². The van der Waals surface area contributed by atoms with Crippen LogP contribution in [0.15, 0.2) is 12.7 Å². The van der Waals surface area contributed by atoms with E-state index in [4.69, 9.17) is 4.74 Å². The summed E-state index contributed by atoms with van der Waals surface area (Å²) >= 11 is 0. The van der Waals surface area contributed by atoms with Crippen molar-refractivity contribution >= 4 is 11.2 Å². The van der Waals surface area contributed by atoms with Gasteiger partial charge in [0.1, 0.15) is 17.9 Å². The number of nitrogens with zero attached hydrogens (tertiary/aromatic N) is 3. The van der Waals surface area contributed by atoms with E-state index in [1.165, 1.54) is 6.33 Å². The molecule has 0 bridgehead atoms. The maximum Gasteiger partial charge on any atom is 0.180 e. The summed E-state index contributed by atoms with van der Waals surface area (Å²) < 4.78 is 5.64. The number of H-pyrrole nitrogens is 1. The van der Waals surface area contributed by atoms with E-state index in [2.05, 4.69) is 25.3 Å². The molecule has 1 atom stereocenters. The molecule has 15 heavy (non-hydrogen) atoms. The summed E-state index contributed by atoms with van der Waals surface area (Å²) in [6.07, 6.45) is 3.14. The van der Waals surface area contributed by atoms with E-state index in [0.29, 0.717) is 12.3 Å². The highest BCUT2D eigenvalue weighted by Gasteiger charge is 2.20. The monoisotopic (exact) mass is 205 g/mol. The Morgan fingerprint density at radius 3 is 3.20 bits per heavy atom. The molecule has 2 N–H and O–H groups in total. The van der Waals surface area contributed by atoms with Crippen molar-refractivity contribution in [3.63, 3.8) is 0 Å². The van der Waals surface area contributed by atoms with E-state index >= 15 is 0 Å². The fourth-order valence-corrected chi connectivity index (χ4v) is 1.77. The lowest BCUT2D eigenvalue weighted by molar-refractivity contribution is 0.0258. The molecule has 0 amide bonds. The lowest BCUT2D eigenvalue weighted by Gasteiger charge is -2.23. The molecule has 6 nitrogen and oxygen atoms in total. The summed E-state index contributed by atoms with van der Waals surface area (Å²) in [5.74, 6) is 0. The SMILES string of the molecule is c1nc(C2CNCCO2)c2[nH]cnc2n1. The number of hydrogen-bond acceptors (Lipinski definition) is 5. The highest BCUT2D eigenvalue weighted by Crippen LogP contribution is 2.21. The molecule has 6 heteroatoms. The highest BCUT2D eigenvalue weighted by molar-refractivity contribution is 5.72. The van der Waals surface area contributed by atoms with Gasteiger partial charge in [-0.1, -0.05) is 0 Å². The van der Waals surface area contributed by atoms with Crippen LogP contribution < -0.4 is 5.32 Å². The normalized spacial score (nSPS) is 22.0. The van der Waals surface area contributed by atoms with Gasteiger partial charge >= 0.3 is 0 Å². The van der Waals surface area contributed by atoms with Crippen molar-refractivity contribution in [1.29, 1.82) is 0 Å². The van der Waals surface area contributed by atoms with Crippen LogP contribution >= 0.6 is 0 Å². The summed E-state index contributed by atoms with van der Waals surface area (Å²) in [4.78, 5) is 15.5. The number of fused-ring (bicyclic) bond motifs is 1. The first kappa shape index (κ1) is 8.75. The largest absolute Gasteiger partial charge is 0.369 e. The predicted octanol–water partition coefficient (Wildman–Crippen LogP) is 0.0138. The summed E-state index contributed by atoms with van der Waals surface area (Å²) in [6.45, 7) is 2.39. The smallest absolute Gasteiger partial charge is 0.180 e. The number of imidazole rings is 1. The second-order valence-electron chi connectivity index (χ2n) is 3.42. The van der Waals surface area contributed by atoms with E-state index in [1.807, 2.05) is 0 Å². The average Bonchev–Trinajstić information content (AvgIpc) is 2.78. The van der Waals surface area contributed by atoms with Crippen molar-refractivity contribution in [3.05, 3.63) is 18.3 Å². The summed E-state index contributed by atoms with van der Waals surface area (Å²) in [7, 11) is 0. The summed E-state index contributed by atoms with van der Waals surface area (Å²) in [5.41, 5.74) is 2.44. The van der Waals surface area contributed by atoms with Gasteiger partial charge in [0.25, 0.3) is 0 Å². The van der Waals surface area contributed by atoms with E-state index in [0.717, 1.165) is 24.3 Å². The van der Waals surface area contributed by atoms with Gasteiger partial charge in [0.15, 0.2) is 5.65 Å². The van der Waals surface area contributed by atoms with Gasteiger partial charge in [-0.3, -0.25) is 0 Å². The van der Waals surface area contributed by atoms with Crippen molar-refractivity contribution < 1.29 is 4.74 Å². The Hall–Kier alpha value is -1.53. The molecule has 3 rings (SSSR count). The van der Waals surface area contributed by atoms with Crippen molar-refractivity contribution in [3.8, 4) is 0 Å². The topological polar surface area (TPSA) is 75.7 Å². The molecule has 0 saturated carbocycles. The maximum atomic E-state index is 5.64. The van der Waals surface area contributed by atoms with Gasteiger partial charge in [0, 0.05) is 13.1 Å². The Balaban J connectivity index is 2.05. The van der Waals surface area contributed by atoms with Crippen molar-refractivity contribution in [2.75, 3.05) is 19.7 Å². The van der Waals surface area contributed by atoms with Crippen LogP contribution in [0.1, 0.15) is 11.8 Å². The van der Waals surface area contributed by atoms with E-state index < -0.39 is 0 Å². The molecule has 1 fully saturated rings. The zero-order valence-electron chi connectivity index (χ0n) is 8.10. The van der Waals surface area contributed by atoms with E-state index in [-0.39, 0.29) is 6.10 Å². The van der Waals surface area contributed by atoms with Crippen molar-refractivity contribution in [1.82, 2.24) is 25.3 Å².